The second kappa shape index (κ2) is 8.41. The minimum absolute atomic E-state index is 0.299. The lowest BCUT2D eigenvalue weighted by molar-refractivity contribution is 0.0984. The number of tetrazole rings is 1. The smallest absolute Gasteiger partial charge is 0.276 e. The maximum absolute atomic E-state index is 11.9. The molecule has 0 unspecified atom stereocenters. The maximum atomic E-state index is 11.9. The quantitative estimate of drug-likeness (QED) is 0.574. The number of allylic oxidation sites excluding steroid dienone is 2. The molecule has 0 spiro atoms. The van der Waals surface area contributed by atoms with Crippen LogP contribution in [0.1, 0.15) is 25.1 Å². The van der Waals surface area contributed by atoms with Crippen LogP contribution in [-0.2, 0) is 0 Å². The van der Waals surface area contributed by atoms with Crippen LogP contribution in [0, 0.1) is 11.8 Å². The number of hydrogen-bond donors (Lipinski definition) is 1. The number of carbonyl (C=O) groups excluding carboxylic acids is 1. The van der Waals surface area contributed by atoms with Crippen molar-refractivity contribution >= 4 is 16.8 Å². The average molecular weight is 333 g/mol. The topological polar surface area (TPSA) is 76.5 Å². The van der Waals surface area contributed by atoms with Crippen LogP contribution in [0.15, 0.2) is 55.3 Å². The Kier molecular flexibility index (Phi) is 6.02. The zero-order valence-electron chi connectivity index (χ0n) is 14.3. The first-order valence-electron chi connectivity index (χ1n) is 7.73. The Balaban J connectivity index is 0.000000399. The SMILES string of the molecule is C=C(C)CC.C=CC#CC(=O)n1ccc2cc(-c3nn[nH]n3)ccc21. The van der Waals surface area contributed by atoms with Crippen LogP contribution in [0.4, 0.5) is 0 Å². The molecule has 126 valence electrons. The maximum Gasteiger partial charge on any atom is 0.307 e. The van der Waals surface area contributed by atoms with Crippen molar-refractivity contribution in [3.63, 3.8) is 0 Å². The molecule has 1 aromatic carbocycles. The molecule has 0 atom stereocenters. The largest absolute Gasteiger partial charge is 0.307 e. The highest BCUT2D eigenvalue weighted by Gasteiger charge is 2.09. The molecular weight excluding hydrogens is 314 g/mol. The molecule has 6 heteroatoms. The molecule has 3 aromatic rings. The third-order valence-corrected chi connectivity index (χ3v) is 3.40. The average Bonchev–Trinajstić information content (AvgIpc) is 3.29. The van der Waals surface area contributed by atoms with Crippen LogP contribution in [0.5, 0.6) is 0 Å². The van der Waals surface area contributed by atoms with Crippen LogP contribution in [0.2, 0.25) is 0 Å². The van der Waals surface area contributed by atoms with E-state index in [1.54, 1.807) is 6.20 Å². The van der Waals surface area contributed by atoms with Crippen molar-refractivity contribution in [2.45, 2.75) is 20.3 Å². The van der Waals surface area contributed by atoms with Gasteiger partial charge in [-0.15, -0.1) is 16.8 Å². The van der Waals surface area contributed by atoms with Crippen LogP contribution in [0.25, 0.3) is 22.3 Å². The van der Waals surface area contributed by atoms with Gasteiger partial charge < -0.3 is 0 Å². The normalized spacial score (nSPS) is 9.52. The van der Waals surface area contributed by atoms with Crippen molar-refractivity contribution in [2.75, 3.05) is 0 Å². The Bertz CT molecular complexity index is 955. The van der Waals surface area contributed by atoms with E-state index in [0.29, 0.717) is 5.82 Å². The van der Waals surface area contributed by atoms with Gasteiger partial charge in [-0.1, -0.05) is 25.0 Å². The number of H-pyrrole nitrogens is 1. The van der Waals surface area contributed by atoms with Gasteiger partial charge in [-0.3, -0.25) is 9.36 Å². The molecule has 0 aliphatic carbocycles. The van der Waals surface area contributed by atoms with E-state index in [2.05, 4.69) is 52.5 Å². The molecule has 2 aromatic heterocycles. The Morgan fingerprint density at radius 3 is 2.76 bits per heavy atom. The highest BCUT2D eigenvalue weighted by molar-refractivity contribution is 6.02. The molecule has 0 aliphatic heterocycles. The van der Waals surface area contributed by atoms with Crippen LogP contribution >= 0.6 is 0 Å². The Labute approximate surface area is 146 Å². The third-order valence-electron chi connectivity index (χ3n) is 3.40. The Morgan fingerprint density at radius 1 is 1.40 bits per heavy atom. The molecule has 1 N–H and O–H groups in total. The van der Waals surface area contributed by atoms with E-state index >= 15 is 0 Å². The van der Waals surface area contributed by atoms with Crippen LogP contribution in [-0.4, -0.2) is 31.1 Å². The Morgan fingerprint density at radius 2 is 2.16 bits per heavy atom. The van der Waals surface area contributed by atoms with Gasteiger partial charge in [0.25, 0.3) is 0 Å². The predicted molar refractivity (Wildman–Crippen MR) is 98.8 cm³/mol. The summed E-state index contributed by atoms with van der Waals surface area (Å²) in [6, 6.07) is 7.39. The molecular formula is C19H19N5O. The van der Waals surface area contributed by atoms with Gasteiger partial charge in [-0.05, 0) is 48.9 Å². The number of fused-ring (bicyclic) bond motifs is 1. The first kappa shape index (κ1) is 17.9. The zero-order valence-corrected chi connectivity index (χ0v) is 14.3. The third kappa shape index (κ3) is 4.52. The lowest BCUT2D eigenvalue weighted by Crippen LogP contribution is -2.05. The van der Waals surface area contributed by atoms with E-state index in [9.17, 15) is 4.79 Å². The molecule has 2 heterocycles. The van der Waals surface area contributed by atoms with Gasteiger partial charge in [0.05, 0.1) is 5.52 Å². The summed E-state index contributed by atoms with van der Waals surface area (Å²) in [5.41, 5.74) is 2.86. The molecule has 0 saturated heterocycles. The van der Waals surface area contributed by atoms with Gasteiger partial charge >= 0.3 is 5.91 Å². The molecule has 3 rings (SSSR count). The number of rotatable bonds is 2. The van der Waals surface area contributed by atoms with E-state index in [-0.39, 0.29) is 5.91 Å². The lowest BCUT2D eigenvalue weighted by Gasteiger charge is -1.99. The molecule has 0 aliphatic rings. The summed E-state index contributed by atoms with van der Waals surface area (Å²) in [5, 5.41) is 14.7. The minimum atomic E-state index is -0.299. The number of nitrogens with zero attached hydrogens (tertiary/aromatic N) is 4. The number of hydrogen-bond acceptors (Lipinski definition) is 4. The van der Waals surface area contributed by atoms with Crippen molar-refractivity contribution in [2.24, 2.45) is 0 Å². The number of aromatic amines is 1. The first-order chi connectivity index (χ1) is 12.1. The highest BCUT2D eigenvalue weighted by Crippen LogP contribution is 2.22. The van der Waals surface area contributed by atoms with Crippen LogP contribution in [0.3, 0.4) is 0 Å². The zero-order chi connectivity index (χ0) is 18.2. The van der Waals surface area contributed by atoms with Gasteiger partial charge in [-0.25, -0.2) is 0 Å². The first-order valence-corrected chi connectivity index (χ1v) is 7.73. The number of aromatic nitrogens is 5. The van der Waals surface area contributed by atoms with E-state index in [1.165, 1.54) is 16.2 Å². The van der Waals surface area contributed by atoms with Crippen molar-refractivity contribution in [1.82, 2.24) is 25.2 Å². The van der Waals surface area contributed by atoms with Gasteiger partial charge in [0.15, 0.2) is 0 Å². The fourth-order valence-corrected chi connectivity index (χ4v) is 1.92. The van der Waals surface area contributed by atoms with E-state index < -0.39 is 0 Å². The van der Waals surface area contributed by atoms with E-state index in [4.69, 9.17) is 0 Å². The van der Waals surface area contributed by atoms with Gasteiger partial charge in [-0.2, -0.15) is 5.21 Å². The van der Waals surface area contributed by atoms with E-state index in [0.717, 1.165) is 22.9 Å². The van der Waals surface area contributed by atoms with Crippen molar-refractivity contribution in [1.29, 1.82) is 0 Å². The Hall–Kier alpha value is -3.46. The van der Waals surface area contributed by atoms with Gasteiger partial charge in [0, 0.05) is 23.1 Å². The second-order valence-corrected chi connectivity index (χ2v) is 5.28. The molecule has 25 heavy (non-hydrogen) atoms. The molecule has 0 radical (unpaired) electrons. The molecule has 0 fully saturated rings. The standard InChI is InChI=1S/C14H9N5O.C5H10/c1-2-3-4-13(20)19-8-7-10-9-11(5-6-12(10)19)14-15-17-18-16-14;1-4-5(2)3/h2,5-9H,1H2,(H,15,16,17,18);2,4H2,1,3H3. The summed E-state index contributed by atoms with van der Waals surface area (Å²) < 4.78 is 1.49. The summed E-state index contributed by atoms with van der Waals surface area (Å²) in [4.78, 5) is 11.9. The number of carbonyl (C=O) groups is 1. The molecule has 0 bridgehead atoms. The molecule has 0 saturated carbocycles. The van der Waals surface area contributed by atoms with Crippen LogP contribution < -0.4 is 0 Å². The van der Waals surface area contributed by atoms with Crippen molar-refractivity contribution in [3.05, 3.63) is 55.3 Å². The fraction of sp³-hybridized carbons (Fsp3) is 0.158. The summed E-state index contributed by atoms with van der Waals surface area (Å²) in [6.45, 7) is 11.3. The van der Waals surface area contributed by atoms with Crippen molar-refractivity contribution in [3.8, 4) is 23.2 Å². The van der Waals surface area contributed by atoms with Gasteiger partial charge in [0.1, 0.15) is 0 Å². The summed E-state index contributed by atoms with van der Waals surface area (Å²) in [6.07, 6.45) is 4.18. The summed E-state index contributed by atoms with van der Waals surface area (Å²) >= 11 is 0. The van der Waals surface area contributed by atoms with Gasteiger partial charge in [0.2, 0.25) is 5.82 Å². The summed E-state index contributed by atoms with van der Waals surface area (Å²) in [7, 11) is 0. The summed E-state index contributed by atoms with van der Waals surface area (Å²) in [5.74, 6) is 5.24. The predicted octanol–water partition coefficient (Wildman–Crippen LogP) is 3.62. The molecule has 0 amide bonds. The monoisotopic (exact) mass is 333 g/mol. The minimum Gasteiger partial charge on any atom is -0.276 e. The lowest BCUT2D eigenvalue weighted by atomic mass is 10.1. The number of benzene rings is 1. The highest BCUT2D eigenvalue weighted by atomic mass is 16.1. The van der Waals surface area contributed by atoms with E-state index in [1.807, 2.05) is 31.2 Å². The molecule has 6 nitrogen and oxygen atoms in total. The van der Waals surface area contributed by atoms with Crippen molar-refractivity contribution < 1.29 is 4.79 Å². The fourth-order valence-electron chi connectivity index (χ4n) is 1.92. The second-order valence-electron chi connectivity index (χ2n) is 5.28. The number of nitrogens with one attached hydrogen (secondary N) is 1.